The number of nitrogens with zero attached hydrogens (tertiary/aromatic N) is 2. The van der Waals surface area contributed by atoms with Gasteiger partial charge in [0.1, 0.15) is 5.82 Å². The summed E-state index contributed by atoms with van der Waals surface area (Å²) < 4.78 is 15.1. The van der Waals surface area contributed by atoms with Gasteiger partial charge >= 0.3 is 0 Å². The van der Waals surface area contributed by atoms with Gasteiger partial charge in [0.2, 0.25) is 0 Å². The Morgan fingerprint density at radius 3 is 2.79 bits per heavy atom. The molecule has 1 heterocycles. The van der Waals surface area contributed by atoms with Gasteiger partial charge in [-0.05, 0) is 36.2 Å². The van der Waals surface area contributed by atoms with Gasteiger partial charge in [-0.2, -0.15) is 0 Å². The van der Waals surface area contributed by atoms with Crippen LogP contribution in [0, 0.1) is 15.9 Å². The van der Waals surface area contributed by atoms with Crippen molar-refractivity contribution in [3.8, 4) is 0 Å². The zero-order valence-corrected chi connectivity index (χ0v) is 10.3. The number of aromatic nitrogens is 1. The van der Waals surface area contributed by atoms with Crippen LogP contribution in [0.5, 0.6) is 0 Å². The predicted octanol–water partition coefficient (Wildman–Crippen LogP) is 2.08. The zero-order valence-electron chi connectivity index (χ0n) is 10.3. The van der Waals surface area contributed by atoms with Crippen LogP contribution in [-0.2, 0) is 13.0 Å². The quantitative estimate of drug-likeness (QED) is 0.663. The van der Waals surface area contributed by atoms with Crippen molar-refractivity contribution in [3.63, 3.8) is 0 Å². The molecule has 0 aliphatic heterocycles. The van der Waals surface area contributed by atoms with E-state index in [0.717, 1.165) is 18.1 Å². The molecule has 6 heteroatoms. The fourth-order valence-corrected chi connectivity index (χ4v) is 1.94. The molecule has 2 rings (SSSR count). The lowest BCUT2D eigenvalue weighted by Crippen LogP contribution is -2.02. The molecule has 0 unspecified atom stereocenters. The maximum Gasteiger partial charge on any atom is 0.272 e. The van der Waals surface area contributed by atoms with E-state index < -0.39 is 10.7 Å². The van der Waals surface area contributed by atoms with Crippen LogP contribution < -0.4 is 5.73 Å². The van der Waals surface area contributed by atoms with E-state index in [1.165, 1.54) is 12.1 Å². The van der Waals surface area contributed by atoms with E-state index in [1.54, 1.807) is 0 Å². The van der Waals surface area contributed by atoms with Gasteiger partial charge in [0.05, 0.1) is 11.0 Å². The molecule has 100 valence electrons. The highest BCUT2D eigenvalue weighted by Crippen LogP contribution is 2.17. The van der Waals surface area contributed by atoms with Crippen LogP contribution in [0.15, 0.2) is 36.7 Å². The second kappa shape index (κ2) is 5.62. The van der Waals surface area contributed by atoms with E-state index in [0.29, 0.717) is 18.7 Å². The van der Waals surface area contributed by atoms with Gasteiger partial charge in [0.15, 0.2) is 0 Å². The molecule has 2 aromatic rings. The minimum absolute atomic E-state index is 0.232. The van der Waals surface area contributed by atoms with Crippen molar-refractivity contribution < 1.29 is 9.31 Å². The molecule has 0 saturated heterocycles. The molecule has 1 aromatic heterocycles. The van der Waals surface area contributed by atoms with Gasteiger partial charge < -0.3 is 10.3 Å². The highest BCUT2D eigenvalue weighted by atomic mass is 19.1. The largest absolute Gasteiger partial charge is 0.350 e. The first-order chi connectivity index (χ1) is 9.08. The summed E-state index contributed by atoms with van der Waals surface area (Å²) in [5.74, 6) is -0.599. The lowest BCUT2D eigenvalue weighted by Gasteiger charge is -2.04. The molecule has 0 amide bonds. The van der Waals surface area contributed by atoms with Crippen molar-refractivity contribution in [1.82, 2.24) is 4.57 Å². The maximum atomic E-state index is 13.3. The number of non-ortho nitro benzene ring substituents is 1. The van der Waals surface area contributed by atoms with Gasteiger partial charge in [-0.15, -0.1) is 0 Å². The van der Waals surface area contributed by atoms with E-state index in [-0.39, 0.29) is 5.69 Å². The van der Waals surface area contributed by atoms with Crippen molar-refractivity contribution >= 4 is 5.69 Å². The van der Waals surface area contributed by atoms with E-state index in [9.17, 15) is 14.5 Å². The topological polar surface area (TPSA) is 74.1 Å². The fraction of sp³-hybridized carbons (Fsp3) is 0.231. The van der Waals surface area contributed by atoms with Gasteiger partial charge in [-0.25, -0.2) is 4.39 Å². The Labute approximate surface area is 109 Å². The summed E-state index contributed by atoms with van der Waals surface area (Å²) in [6.07, 6.45) is 4.53. The molecule has 2 N–H and O–H groups in total. The second-order valence-electron chi connectivity index (χ2n) is 4.31. The Morgan fingerprint density at radius 2 is 2.11 bits per heavy atom. The van der Waals surface area contributed by atoms with Gasteiger partial charge in [-0.1, -0.05) is 0 Å². The third-order valence-electron chi connectivity index (χ3n) is 2.76. The van der Waals surface area contributed by atoms with E-state index in [1.807, 2.05) is 23.0 Å². The summed E-state index contributed by atoms with van der Waals surface area (Å²) in [5, 5.41) is 10.7. The minimum atomic E-state index is -0.599. The fourth-order valence-electron chi connectivity index (χ4n) is 1.94. The Balaban J connectivity index is 2.19. The molecule has 0 bridgehead atoms. The van der Waals surface area contributed by atoms with Crippen molar-refractivity contribution in [2.24, 2.45) is 5.73 Å². The summed E-state index contributed by atoms with van der Waals surface area (Å²) in [4.78, 5) is 10.1. The Hall–Kier alpha value is -2.21. The van der Waals surface area contributed by atoms with Crippen molar-refractivity contribution in [2.75, 3.05) is 6.54 Å². The van der Waals surface area contributed by atoms with Crippen LogP contribution in [0.25, 0.3) is 0 Å². The number of nitrogens with two attached hydrogens (primary N) is 1. The molecule has 5 nitrogen and oxygen atoms in total. The van der Waals surface area contributed by atoms with E-state index in [4.69, 9.17) is 5.73 Å². The molecule has 0 radical (unpaired) electrons. The molecule has 0 saturated carbocycles. The lowest BCUT2D eigenvalue weighted by atomic mass is 10.2. The molecular formula is C13H14FN3O2. The van der Waals surface area contributed by atoms with Crippen molar-refractivity contribution in [2.45, 2.75) is 13.0 Å². The highest BCUT2D eigenvalue weighted by Gasteiger charge is 2.10. The summed E-state index contributed by atoms with van der Waals surface area (Å²) in [7, 11) is 0. The van der Waals surface area contributed by atoms with Gasteiger partial charge in [0, 0.05) is 25.0 Å². The number of benzene rings is 1. The molecule has 0 aliphatic rings. The van der Waals surface area contributed by atoms with Gasteiger partial charge in [0.25, 0.3) is 5.69 Å². The third-order valence-corrected chi connectivity index (χ3v) is 2.76. The maximum absolute atomic E-state index is 13.3. The average molecular weight is 263 g/mol. The summed E-state index contributed by atoms with van der Waals surface area (Å²) in [6, 6.07) is 5.53. The number of nitro benzene ring substituents is 1. The lowest BCUT2D eigenvalue weighted by molar-refractivity contribution is -0.385. The predicted molar refractivity (Wildman–Crippen MR) is 69.3 cm³/mol. The highest BCUT2D eigenvalue weighted by molar-refractivity contribution is 5.35. The van der Waals surface area contributed by atoms with Crippen LogP contribution >= 0.6 is 0 Å². The number of halogens is 1. The summed E-state index contributed by atoms with van der Waals surface area (Å²) in [6.45, 7) is 0.957. The van der Waals surface area contributed by atoms with Gasteiger partial charge in [-0.3, -0.25) is 10.1 Å². The van der Waals surface area contributed by atoms with Crippen molar-refractivity contribution in [1.29, 1.82) is 0 Å². The SMILES string of the molecule is NCCc1ccn(Cc2cc(F)cc([N+](=O)[O-])c2)c1. The van der Waals surface area contributed by atoms with Crippen LogP contribution in [0.2, 0.25) is 0 Å². The Morgan fingerprint density at radius 1 is 1.32 bits per heavy atom. The molecule has 0 atom stereocenters. The summed E-state index contributed by atoms with van der Waals surface area (Å²) in [5.41, 5.74) is 6.88. The third kappa shape index (κ3) is 3.38. The molecule has 0 spiro atoms. The Bertz CT molecular complexity index is 595. The smallest absolute Gasteiger partial charge is 0.272 e. The second-order valence-corrected chi connectivity index (χ2v) is 4.31. The standard InChI is InChI=1S/C13H14FN3O2/c14-12-5-11(6-13(7-12)17(18)19)9-16-4-2-10(8-16)1-3-15/h2,4-8H,1,3,9,15H2. The number of hydrogen-bond acceptors (Lipinski definition) is 3. The first-order valence-corrected chi connectivity index (χ1v) is 5.87. The van der Waals surface area contributed by atoms with Crippen LogP contribution in [0.1, 0.15) is 11.1 Å². The monoisotopic (exact) mass is 263 g/mol. The first kappa shape index (κ1) is 13.2. The molecule has 1 aromatic carbocycles. The molecular weight excluding hydrogens is 249 g/mol. The normalized spacial score (nSPS) is 10.6. The zero-order chi connectivity index (χ0) is 13.8. The molecule has 0 fully saturated rings. The first-order valence-electron chi connectivity index (χ1n) is 5.87. The Kier molecular flexibility index (Phi) is 3.91. The molecule has 0 aliphatic carbocycles. The van der Waals surface area contributed by atoms with E-state index in [2.05, 4.69) is 0 Å². The van der Waals surface area contributed by atoms with E-state index >= 15 is 0 Å². The number of rotatable bonds is 5. The minimum Gasteiger partial charge on any atom is -0.350 e. The van der Waals surface area contributed by atoms with Crippen LogP contribution in [0.3, 0.4) is 0 Å². The number of nitro groups is 1. The summed E-state index contributed by atoms with van der Waals surface area (Å²) >= 11 is 0. The van der Waals surface area contributed by atoms with Crippen molar-refractivity contribution in [3.05, 3.63) is 63.7 Å². The average Bonchev–Trinajstić information content (AvgIpc) is 2.76. The van der Waals surface area contributed by atoms with Crippen LogP contribution in [0.4, 0.5) is 10.1 Å². The number of hydrogen-bond donors (Lipinski definition) is 1. The molecule has 19 heavy (non-hydrogen) atoms. The van der Waals surface area contributed by atoms with Crippen LogP contribution in [-0.4, -0.2) is 16.0 Å².